The van der Waals surface area contributed by atoms with Crippen LogP contribution in [0.25, 0.3) is 10.2 Å². The Morgan fingerprint density at radius 1 is 1.19 bits per heavy atom. The van der Waals surface area contributed by atoms with Gasteiger partial charge in [-0.1, -0.05) is 17.4 Å². The zero-order chi connectivity index (χ0) is 22.8. The molecule has 164 valence electrons. The third kappa shape index (κ3) is 5.03. The fourth-order valence-corrected chi connectivity index (χ4v) is 4.52. The van der Waals surface area contributed by atoms with Crippen LogP contribution < -0.4 is 9.94 Å². The minimum Gasteiger partial charge on any atom is -0.466 e. The summed E-state index contributed by atoms with van der Waals surface area (Å²) >= 11 is 0.912. The van der Waals surface area contributed by atoms with Gasteiger partial charge in [0.2, 0.25) is 10.0 Å². The zero-order valence-electron chi connectivity index (χ0n) is 16.2. The standard InChI is InChI=1S/C19H17F2N3O5S2/c1-2-29-16(25)8-9-24-14-7-6-11(31(22,27)28)10-15(14)30-19(24)23-18(26)17-12(20)4-3-5-13(17)21/h3-7,10H,2,8-9H2,1H3,(H2,22,27,28). The van der Waals surface area contributed by atoms with E-state index in [4.69, 9.17) is 9.88 Å². The highest BCUT2D eigenvalue weighted by Gasteiger charge is 2.18. The van der Waals surface area contributed by atoms with E-state index >= 15 is 0 Å². The molecule has 0 aliphatic heterocycles. The Balaban J connectivity index is 2.15. The van der Waals surface area contributed by atoms with Gasteiger partial charge in [-0.25, -0.2) is 22.3 Å². The number of hydrogen-bond donors (Lipinski definition) is 1. The average molecular weight is 469 g/mol. The van der Waals surface area contributed by atoms with Crippen molar-refractivity contribution in [2.45, 2.75) is 24.8 Å². The van der Waals surface area contributed by atoms with Gasteiger partial charge >= 0.3 is 5.97 Å². The number of halogens is 2. The summed E-state index contributed by atoms with van der Waals surface area (Å²) in [5, 5.41) is 5.16. The first-order valence-electron chi connectivity index (χ1n) is 8.96. The number of benzene rings is 2. The summed E-state index contributed by atoms with van der Waals surface area (Å²) in [6.07, 6.45) is -0.0634. The molecular formula is C19H17F2N3O5S2. The topological polar surface area (TPSA) is 121 Å². The third-order valence-corrected chi connectivity index (χ3v) is 6.15. The third-order valence-electron chi connectivity index (χ3n) is 4.20. The number of fused-ring (bicyclic) bond motifs is 1. The second-order valence-corrected chi connectivity index (χ2v) is 8.85. The molecule has 1 amide bonds. The number of hydrogen-bond acceptors (Lipinski definition) is 6. The highest BCUT2D eigenvalue weighted by atomic mass is 32.2. The van der Waals surface area contributed by atoms with Gasteiger partial charge in [-0.3, -0.25) is 9.59 Å². The molecule has 8 nitrogen and oxygen atoms in total. The minimum atomic E-state index is -3.98. The van der Waals surface area contributed by atoms with Gasteiger partial charge in [0, 0.05) is 6.54 Å². The van der Waals surface area contributed by atoms with E-state index in [1.54, 1.807) is 6.92 Å². The molecule has 2 aromatic carbocycles. The molecule has 0 saturated carbocycles. The van der Waals surface area contributed by atoms with Gasteiger partial charge in [0.1, 0.15) is 17.2 Å². The number of aryl methyl sites for hydroxylation is 1. The van der Waals surface area contributed by atoms with E-state index in [2.05, 4.69) is 4.99 Å². The molecule has 0 unspecified atom stereocenters. The molecule has 31 heavy (non-hydrogen) atoms. The smallest absolute Gasteiger partial charge is 0.307 e. The van der Waals surface area contributed by atoms with Gasteiger partial charge in [-0.05, 0) is 37.3 Å². The van der Waals surface area contributed by atoms with Crippen molar-refractivity contribution in [1.82, 2.24) is 4.57 Å². The number of ether oxygens (including phenoxy) is 1. The first kappa shape index (κ1) is 22.7. The van der Waals surface area contributed by atoms with E-state index in [1.807, 2.05) is 0 Å². The zero-order valence-corrected chi connectivity index (χ0v) is 17.8. The molecule has 1 heterocycles. The van der Waals surface area contributed by atoms with Gasteiger partial charge < -0.3 is 9.30 Å². The Labute approximate surface area is 179 Å². The Kier molecular flexibility index (Phi) is 6.62. The largest absolute Gasteiger partial charge is 0.466 e. The summed E-state index contributed by atoms with van der Waals surface area (Å²) in [4.78, 5) is 28.0. The van der Waals surface area contributed by atoms with Crippen LogP contribution in [-0.2, 0) is 26.1 Å². The molecule has 2 N–H and O–H groups in total. The predicted molar refractivity (Wildman–Crippen MR) is 109 cm³/mol. The fourth-order valence-electron chi connectivity index (χ4n) is 2.81. The number of sulfonamides is 1. The van der Waals surface area contributed by atoms with E-state index < -0.39 is 39.1 Å². The van der Waals surface area contributed by atoms with Crippen LogP contribution in [0.3, 0.4) is 0 Å². The van der Waals surface area contributed by atoms with E-state index in [9.17, 15) is 26.8 Å². The molecule has 0 radical (unpaired) electrons. The Morgan fingerprint density at radius 2 is 1.87 bits per heavy atom. The van der Waals surface area contributed by atoms with Crippen molar-refractivity contribution in [3.8, 4) is 0 Å². The fraction of sp³-hybridized carbons (Fsp3) is 0.211. The van der Waals surface area contributed by atoms with Crippen molar-refractivity contribution in [3.05, 3.63) is 58.4 Å². The maximum Gasteiger partial charge on any atom is 0.307 e. The summed E-state index contributed by atoms with van der Waals surface area (Å²) < 4.78 is 58.0. The highest BCUT2D eigenvalue weighted by Crippen LogP contribution is 2.22. The maximum absolute atomic E-state index is 14.0. The van der Waals surface area contributed by atoms with Crippen molar-refractivity contribution >= 4 is 43.5 Å². The molecule has 0 spiro atoms. The molecule has 12 heteroatoms. The number of nitrogens with two attached hydrogens (primary N) is 1. The molecule has 0 bridgehead atoms. The van der Waals surface area contributed by atoms with Crippen LogP contribution in [0.2, 0.25) is 0 Å². The number of esters is 1. The van der Waals surface area contributed by atoms with E-state index in [0.29, 0.717) is 10.2 Å². The van der Waals surface area contributed by atoms with Crippen molar-refractivity contribution in [1.29, 1.82) is 0 Å². The lowest BCUT2D eigenvalue weighted by molar-refractivity contribution is -0.143. The molecule has 1 aromatic heterocycles. The second kappa shape index (κ2) is 9.04. The lowest BCUT2D eigenvalue weighted by atomic mass is 10.2. The monoisotopic (exact) mass is 469 g/mol. The molecule has 0 atom stereocenters. The van der Waals surface area contributed by atoms with E-state index in [-0.39, 0.29) is 29.3 Å². The highest BCUT2D eigenvalue weighted by molar-refractivity contribution is 7.89. The van der Waals surface area contributed by atoms with Gasteiger partial charge in [0.15, 0.2) is 4.80 Å². The van der Waals surface area contributed by atoms with Crippen LogP contribution >= 0.6 is 11.3 Å². The Hall–Kier alpha value is -2.96. The normalized spacial score (nSPS) is 12.3. The lowest BCUT2D eigenvalue weighted by Crippen LogP contribution is -2.20. The molecule has 0 saturated heterocycles. The van der Waals surface area contributed by atoms with Crippen LogP contribution in [0, 0.1) is 11.6 Å². The number of carbonyl (C=O) groups is 2. The number of primary sulfonamides is 1. The molecule has 0 aliphatic carbocycles. The SMILES string of the molecule is CCOC(=O)CCn1c(=NC(=O)c2c(F)cccc2F)sc2cc(S(N)(=O)=O)ccc21. The molecule has 3 rings (SSSR count). The van der Waals surface area contributed by atoms with Crippen LogP contribution in [-0.4, -0.2) is 31.5 Å². The Bertz CT molecular complexity index is 1330. The average Bonchev–Trinajstić information content (AvgIpc) is 3.02. The van der Waals surface area contributed by atoms with Crippen LogP contribution in [0.15, 0.2) is 46.3 Å². The molecule has 0 aliphatic rings. The summed E-state index contributed by atoms with van der Waals surface area (Å²) in [5.74, 6) is -3.78. The first-order valence-corrected chi connectivity index (χ1v) is 11.3. The lowest BCUT2D eigenvalue weighted by Gasteiger charge is -2.06. The quantitative estimate of drug-likeness (QED) is 0.556. The van der Waals surface area contributed by atoms with Gasteiger partial charge in [-0.2, -0.15) is 4.99 Å². The molecule has 3 aromatic rings. The van der Waals surface area contributed by atoms with Crippen LogP contribution in [0.5, 0.6) is 0 Å². The summed E-state index contributed by atoms with van der Waals surface area (Å²) in [7, 11) is -3.98. The van der Waals surface area contributed by atoms with E-state index in [1.165, 1.54) is 22.8 Å². The number of rotatable bonds is 6. The van der Waals surface area contributed by atoms with Gasteiger partial charge in [0.25, 0.3) is 5.91 Å². The summed E-state index contributed by atoms with van der Waals surface area (Å²) in [6, 6.07) is 7.00. The number of nitrogens with zero attached hydrogens (tertiary/aromatic N) is 2. The summed E-state index contributed by atoms with van der Waals surface area (Å²) in [5.41, 5.74) is -0.357. The minimum absolute atomic E-state index is 0.0264. The predicted octanol–water partition coefficient (Wildman–Crippen LogP) is 2.32. The maximum atomic E-state index is 14.0. The Morgan fingerprint density at radius 3 is 2.48 bits per heavy atom. The number of carbonyl (C=O) groups excluding carboxylic acids is 2. The van der Waals surface area contributed by atoms with E-state index in [0.717, 1.165) is 29.5 Å². The van der Waals surface area contributed by atoms with Crippen molar-refractivity contribution in [2.75, 3.05) is 6.61 Å². The van der Waals surface area contributed by atoms with Crippen molar-refractivity contribution < 1.29 is 31.5 Å². The second-order valence-electron chi connectivity index (χ2n) is 6.28. The van der Waals surface area contributed by atoms with Crippen molar-refractivity contribution in [2.24, 2.45) is 10.1 Å². The number of thiazole rings is 1. The van der Waals surface area contributed by atoms with Crippen LogP contribution in [0.1, 0.15) is 23.7 Å². The van der Waals surface area contributed by atoms with Crippen molar-refractivity contribution in [3.63, 3.8) is 0 Å². The first-order chi connectivity index (χ1) is 14.6. The number of amides is 1. The van der Waals surface area contributed by atoms with Crippen LogP contribution in [0.4, 0.5) is 8.78 Å². The molecule has 0 fully saturated rings. The van der Waals surface area contributed by atoms with Gasteiger partial charge in [0.05, 0.1) is 28.1 Å². The molecular weight excluding hydrogens is 452 g/mol. The summed E-state index contributed by atoms with van der Waals surface area (Å²) in [6.45, 7) is 1.88. The number of aromatic nitrogens is 1. The van der Waals surface area contributed by atoms with Gasteiger partial charge in [-0.15, -0.1) is 0 Å².